The zero-order chi connectivity index (χ0) is 13.6. The standard InChI is InChI=1S/C15H25FO2/c1-3-4-5-6-7-8-9-10-11-12-13-18-15(17)14(2)16/h4-5H,2-3,6-13H2,1H3/b5-4-. The Morgan fingerprint density at radius 3 is 2.33 bits per heavy atom. The van der Waals surface area contributed by atoms with E-state index in [1.54, 1.807) is 0 Å². The molecule has 18 heavy (non-hydrogen) atoms. The van der Waals surface area contributed by atoms with E-state index in [4.69, 9.17) is 0 Å². The van der Waals surface area contributed by atoms with Gasteiger partial charge in [-0.1, -0.05) is 51.3 Å². The van der Waals surface area contributed by atoms with Gasteiger partial charge in [0.1, 0.15) is 0 Å². The highest BCUT2D eigenvalue weighted by atomic mass is 19.1. The summed E-state index contributed by atoms with van der Waals surface area (Å²) in [4.78, 5) is 10.7. The molecule has 0 saturated carbocycles. The lowest BCUT2D eigenvalue weighted by molar-refractivity contribution is -0.140. The molecule has 2 nitrogen and oxygen atoms in total. The highest BCUT2D eigenvalue weighted by molar-refractivity contribution is 5.85. The first-order valence-electron chi connectivity index (χ1n) is 6.85. The van der Waals surface area contributed by atoms with Crippen LogP contribution in [0.15, 0.2) is 24.6 Å². The van der Waals surface area contributed by atoms with Crippen molar-refractivity contribution in [3.05, 3.63) is 24.6 Å². The summed E-state index contributed by atoms with van der Waals surface area (Å²) in [6, 6.07) is 0. The maximum Gasteiger partial charge on any atom is 0.366 e. The fraction of sp³-hybridized carbons (Fsp3) is 0.667. The molecule has 0 saturated heterocycles. The van der Waals surface area contributed by atoms with Crippen LogP contribution < -0.4 is 0 Å². The van der Waals surface area contributed by atoms with Crippen LogP contribution in [0.3, 0.4) is 0 Å². The van der Waals surface area contributed by atoms with E-state index in [-0.39, 0.29) is 0 Å². The van der Waals surface area contributed by atoms with E-state index in [9.17, 15) is 9.18 Å². The maximum absolute atomic E-state index is 12.2. The summed E-state index contributed by atoms with van der Waals surface area (Å²) < 4.78 is 16.9. The van der Waals surface area contributed by atoms with E-state index in [2.05, 4.69) is 30.4 Å². The fourth-order valence-corrected chi connectivity index (χ4v) is 1.60. The van der Waals surface area contributed by atoms with Gasteiger partial charge in [0, 0.05) is 0 Å². The van der Waals surface area contributed by atoms with Crippen LogP contribution in [0.25, 0.3) is 0 Å². The molecule has 0 atom stereocenters. The van der Waals surface area contributed by atoms with Crippen molar-refractivity contribution in [3.8, 4) is 0 Å². The molecule has 0 aromatic rings. The van der Waals surface area contributed by atoms with Crippen LogP contribution in [-0.2, 0) is 9.53 Å². The SMILES string of the molecule is C=C(F)C(=O)OCCCCCCCC/C=C\CC. The van der Waals surface area contributed by atoms with Gasteiger partial charge in [0.15, 0.2) is 0 Å². The molecule has 0 aliphatic carbocycles. The largest absolute Gasteiger partial charge is 0.460 e. The molecule has 0 spiro atoms. The van der Waals surface area contributed by atoms with Crippen molar-refractivity contribution in [2.75, 3.05) is 6.61 Å². The second kappa shape index (κ2) is 12.3. The third-order valence-corrected chi connectivity index (χ3v) is 2.62. The second-order valence-electron chi connectivity index (χ2n) is 4.33. The number of ether oxygens (including phenoxy) is 1. The lowest BCUT2D eigenvalue weighted by Gasteiger charge is -2.03. The Kier molecular flexibility index (Phi) is 11.6. The van der Waals surface area contributed by atoms with Crippen LogP contribution in [0, 0.1) is 0 Å². The number of unbranched alkanes of at least 4 members (excludes halogenated alkanes) is 6. The first kappa shape index (κ1) is 16.9. The second-order valence-corrected chi connectivity index (χ2v) is 4.33. The zero-order valence-corrected chi connectivity index (χ0v) is 11.4. The Morgan fingerprint density at radius 1 is 1.11 bits per heavy atom. The molecule has 0 rings (SSSR count). The van der Waals surface area contributed by atoms with Crippen molar-refractivity contribution in [2.24, 2.45) is 0 Å². The third-order valence-electron chi connectivity index (χ3n) is 2.62. The summed E-state index contributed by atoms with van der Waals surface area (Å²) >= 11 is 0. The molecule has 0 N–H and O–H groups in total. The van der Waals surface area contributed by atoms with Crippen molar-refractivity contribution >= 4 is 5.97 Å². The van der Waals surface area contributed by atoms with Gasteiger partial charge in [0.05, 0.1) is 6.61 Å². The minimum atomic E-state index is -1.02. The summed E-state index contributed by atoms with van der Waals surface area (Å²) in [7, 11) is 0. The van der Waals surface area contributed by atoms with E-state index in [0.717, 1.165) is 25.7 Å². The van der Waals surface area contributed by atoms with Gasteiger partial charge in [-0.05, 0) is 25.7 Å². The van der Waals surface area contributed by atoms with Crippen LogP contribution >= 0.6 is 0 Å². The molecule has 104 valence electrons. The number of hydrogen-bond acceptors (Lipinski definition) is 2. The van der Waals surface area contributed by atoms with E-state index >= 15 is 0 Å². The molecule has 3 heteroatoms. The van der Waals surface area contributed by atoms with E-state index in [1.165, 1.54) is 25.7 Å². The maximum atomic E-state index is 12.2. The first-order chi connectivity index (χ1) is 8.68. The van der Waals surface area contributed by atoms with Crippen LogP contribution in [-0.4, -0.2) is 12.6 Å². The molecule has 0 aromatic heterocycles. The summed E-state index contributed by atoms with van der Waals surface area (Å²) in [5.41, 5.74) is 0. The Morgan fingerprint density at radius 2 is 1.72 bits per heavy atom. The predicted molar refractivity (Wildman–Crippen MR) is 73.0 cm³/mol. The Labute approximate surface area is 110 Å². The molecule has 0 unspecified atom stereocenters. The average molecular weight is 256 g/mol. The van der Waals surface area contributed by atoms with Gasteiger partial charge in [-0.15, -0.1) is 0 Å². The van der Waals surface area contributed by atoms with Gasteiger partial charge >= 0.3 is 5.97 Å². The van der Waals surface area contributed by atoms with Crippen molar-refractivity contribution < 1.29 is 13.9 Å². The normalized spacial score (nSPS) is 10.8. The minimum absolute atomic E-state index is 0.293. The monoisotopic (exact) mass is 256 g/mol. The number of rotatable bonds is 11. The topological polar surface area (TPSA) is 26.3 Å². The molecular formula is C15H25FO2. The summed E-state index contributed by atoms with van der Waals surface area (Å²) in [6.45, 7) is 5.31. The van der Waals surface area contributed by atoms with E-state index < -0.39 is 11.8 Å². The smallest absolute Gasteiger partial charge is 0.366 e. The van der Waals surface area contributed by atoms with Crippen LogP contribution in [0.2, 0.25) is 0 Å². The molecule has 0 heterocycles. The molecular weight excluding hydrogens is 231 g/mol. The Balaban J connectivity index is 3.14. The predicted octanol–water partition coefficient (Wildman–Crippen LogP) is 4.71. The third kappa shape index (κ3) is 11.4. The quantitative estimate of drug-likeness (QED) is 0.231. The van der Waals surface area contributed by atoms with Crippen molar-refractivity contribution in [1.29, 1.82) is 0 Å². The van der Waals surface area contributed by atoms with Gasteiger partial charge in [-0.3, -0.25) is 0 Å². The summed E-state index contributed by atoms with van der Waals surface area (Å²) in [6.07, 6.45) is 13.4. The first-order valence-corrected chi connectivity index (χ1v) is 6.85. The lowest BCUT2D eigenvalue weighted by Crippen LogP contribution is -2.05. The van der Waals surface area contributed by atoms with Crippen molar-refractivity contribution in [2.45, 2.75) is 58.3 Å². The molecule has 0 aliphatic rings. The number of esters is 1. The van der Waals surface area contributed by atoms with Gasteiger partial charge in [-0.25, -0.2) is 4.79 Å². The summed E-state index contributed by atoms with van der Waals surface area (Å²) in [5, 5.41) is 0. The lowest BCUT2D eigenvalue weighted by atomic mass is 10.1. The number of allylic oxidation sites excluding steroid dienone is 2. The van der Waals surface area contributed by atoms with Gasteiger partial charge in [0.25, 0.3) is 0 Å². The Bertz CT molecular complexity index is 259. The molecule has 0 aliphatic heterocycles. The van der Waals surface area contributed by atoms with Gasteiger partial charge in [0.2, 0.25) is 5.83 Å². The molecule has 0 amide bonds. The van der Waals surface area contributed by atoms with Crippen LogP contribution in [0.1, 0.15) is 58.3 Å². The fourth-order valence-electron chi connectivity index (χ4n) is 1.60. The van der Waals surface area contributed by atoms with Gasteiger partial charge in [-0.2, -0.15) is 4.39 Å². The van der Waals surface area contributed by atoms with Crippen molar-refractivity contribution in [3.63, 3.8) is 0 Å². The molecule has 0 radical (unpaired) electrons. The van der Waals surface area contributed by atoms with Crippen LogP contribution in [0.5, 0.6) is 0 Å². The number of halogens is 1. The van der Waals surface area contributed by atoms with Crippen molar-refractivity contribution in [1.82, 2.24) is 0 Å². The Hall–Kier alpha value is -1.12. The average Bonchev–Trinajstić information content (AvgIpc) is 2.35. The van der Waals surface area contributed by atoms with Crippen LogP contribution in [0.4, 0.5) is 4.39 Å². The molecule has 0 aromatic carbocycles. The number of carbonyl (C=O) groups is 1. The molecule has 0 bridgehead atoms. The van der Waals surface area contributed by atoms with E-state index in [1.807, 2.05) is 0 Å². The number of carbonyl (C=O) groups excluding carboxylic acids is 1. The molecule has 0 fully saturated rings. The number of hydrogen-bond donors (Lipinski definition) is 0. The van der Waals surface area contributed by atoms with Gasteiger partial charge < -0.3 is 4.74 Å². The highest BCUT2D eigenvalue weighted by Crippen LogP contribution is 2.08. The minimum Gasteiger partial charge on any atom is -0.460 e. The zero-order valence-electron chi connectivity index (χ0n) is 11.4. The van der Waals surface area contributed by atoms with E-state index in [0.29, 0.717) is 6.61 Å². The summed E-state index contributed by atoms with van der Waals surface area (Å²) in [5.74, 6) is -1.95. The highest BCUT2D eigenvalue weighted by Gasteiger charge is 2.05.